The molecule has 13 aromatic carbocycles. The molecule has 0 fully saturated rings. The van der Waals surface area contributed by atoms with Crippen LogP contribution in [0.15, 0.2) is 206 Å². The molecule has 0 aromatic heterocycles. The van der Waals surface area contributed by atoms with Crippen molar-refractivity contribution < 1.29 is 0 Å². The van der Waals surface area contributed by atoms with E-state index in [1.807, 2.05) is 0 Å². The first-order valence-corrected chi connectivity index (χ1v) is 19.5. The van der Waals surface area contributed by atoms with Gasteiger partial charge >= 0.3 is 0 Å². The van der Waals surface area contributed by atoms with Crippen molar-refractivity contribution in [3.8, 4) is 0 Å². The molecule has 0 unspecified atom stereocenters. The molecular weight excluding hydrogens is 673 g/mol. The molecule has 0 nitrogen and oxygen atoms in total. The lowest BCUT2D eigenvalue weighted by atomic mass is 9.95. The Balaban J connectivity index is 0.000000125. The van der Waals surface area contributed by atoms with E-state index in [2.05, 4.69) is 206 Å². The maximum atomic E-state index is 2.34. The maximum absolute atomic E-state index is 2.34. The van der Waals surface area contributed by atoms with Crippen LogP contribution in [0.5, 0.6) is 0 Å². The minimum absolute atomic E-state index is 1.29. The van der Waals surface area contributed by atoms with E-state index in [9.17, 15) is 0 Å². The summed E-state index contributed by atoms with van der Waals surface area (Å²) >= 11 is 0. The minimum atomic E-state index is 1.29. The minimum Gasteiger partial charge on any atom is -0.0616 e. The summed E-state index contributed by atoms with van der Waals surface area (Å²) in [5.74, 6) is 0. The average Bonchev–Trinajstić information content (AvgIpc) is 3.22. The van der Waals surface area contributed by atoms with E-state index in [1.54, 1.807) is 0 Å². The molecule has 0 aliphatic heterocycles. The standard InChI is InChI=1S/C30H18.C26H16/c1-2-6-20-10-24-14-28-18-30-16-26-12-22-8-4-3-7-21(22)11-25(26)15-29(30)17-27(28)13-23(24)9-19(20)5-1;1-2-6-18-10-22-14-26-16-24-12-20-8-4-3-7-19(20)11-23(24)15-25(26)13-21(22)9-17(18)5-1/h1-18H;1-16H. The largest absolute Gasteiger partial charge is 0.0616 e. The third kappa shape index (κ3) is 5.22. The van der Waals surface area contributed by atoms with Crippen molar-refractivity contribution in [3.63, 3.8) is 0 Å². The van der Waals surface area contributed by atoms with Gasteiger partial charge in [-0.15, -0.1) is 0 Å². The molecule has 56 heavy (non-hydrogen) atoms. The molecule has 0 saturated heterocycles. The molecular formula is C56H34. The first-order valence-electron chi connectivity index (χ1n) is 19.5. The van der Waals surface area contributed by atoms with Gasteiger partial charge in [-0.1, -0.05) is 97.1 Å². The molecule has 13 aromatic rings. The van der Waals surface area contributed by atoms with Crippen LogP contribution in [0.2, 0.25) is 0 Å². The molecule has 13 rings (SSSR count). The summed E-state index contributed by atoms with van der Waals surface area (Å²) in [6.45, 7) is 0. The van der Waals surface area contributed by atoms with Crippen molar-refractivity contribution in [2.24, 2.45) is 0 Å². The van der Waals surface area contributed by atoms with Crippen molar-refractivity contribution in [1.82, 2.24) is 0 Å². The Labute approximate surface area is 323 Å². The van der Waals surface area contributed by atoms with Gasteiger partial charge in [0.2, 0.25) is 0 Å². The lowest BCUT2D eigenvalue weighted by Gasteiger charge is -2.09. The molecule has 0 N–H and O–H groups in total. The molecule has 0 saturated carbocycles. The number of hydrogen-bond donors (Lipinski definition) is 0. The fraction of sp³-hybridized carbons (Fsp3) is 0. The molecule has 0 aliphatic rings. The molecule has 0 bridgehead atoms. The summed E-state index contributed by atoms with van der Waals surface area (Å²) in [6.07, 6.45) is 0. The Morgan fingerprint density at radius 2 is 0.196 bits per heavy atom. The topological polar surface area (TPSA) is 0 Å². The van der Waals surface area contributed by atoms with E-state index in [0.717, 1.165) is 0 Å². The van der Waals surface area contributed by atoms with Crippen molar-refractivity contribution >= 4 is 118 Å². The van der Waals surface area contributed by atoms with Crippen LogP contribution in [0.25, 0.3) is 118 Å². The van der Waals surface area contributed by atoms with Crippen LogP contribution in [0, 0.1) is 0 Å². The fourth-order valence-electron chi connectivity index (χ4n) is 9.03. The van der Waals surface area contributed by atoms with Gasteiger partial charge in [-0.25, -0.2) is 0 Å². The summed E-state index contributed by atoms with van der Waals surface area (Å²) < 4.78 is 0. The number of benzene rings is 13. The van der Waals surface area contributed by atoms with E-state index in [1.165, 1.54) is 118 Å². The SMILES string of the molecule is c1ccc2cc3cc4cc5cc6cc7ccccc7cc6cc5cc4cc3cc2c1.c1ccc2cc3cc4cc5cc6ccccc6cc5cc4cc3cc2c1. The van der Waals surface area contributed by atoms with E-state index in [0.29, 0.717) is 0 Å². The quantitative estimate of drug-likeness (QED) is 0.138. The second-order valence-corrected chi connectivity index (χ2v) is 15.5. The van der Waals surface area contributed by atoms with Gasteiger partial charge in [0.05, 0.1) is 0 Å². The van der Waals surface area contributed by atoms with E-state index >= 15 is 0 Å². The lowest BCUT2D eigenvalue weighted by molar-refractivity contribution is 1.78. The van der Waals surface area contributed by atoms with Gasteiger partial charge in [-0.2, -0.15) is 0 Å². The van der Waals surface area contributed by atoms with Crippen LogP contribution >= 0.6 is 0 Å². The van der Waals surface area contributed by atoms with E-state index in [4.69, 9.17) is 0 Å². The average molecular weight is 707 g/mol. The highest BCUT2D eigenvalue weighted by Gasteiger charge is 2.07. The predicted molar refractivity (Wildman–Crippen MR) is 245 cm³/mol. The van der Waals surface area contributed by atoms with Crippen LogP contribution in [0.3, 0.4) is 0 Å². The molecule has 0 amide bonds. The van der Waals surface area contributed by atoms with Gasteiger partial charge in [-0.05, 0) is 228 Å². The number of hydrogen-bond acceptors (Lipinski definition) is 0. The summed E-state index contributed by atoms with van der Waals surface area (Å²) in [6, 6.07) is 76.1. The van der Waals surface area contributed by atoms with E-state index < -0.39 is 0 Å². The highest BCUT2D eigenvalue weighted by atomic mass is 14.1. The first kappa shape index (κ1) is 31.1. The Kier molecular flexibility index (Phi) is 6.73. The van der Waals surface area contributed by atoms with Crippen molar-refractivity contribution in [1.29, 1.82) is 0 Å². The summed E-state index contributed by atoms with van der Waals surface area (Å²) in [5, 5.41) is 28.6. The summed E-state index contributed by atoms with van der Waals surface area (Å²) in [4.78, 5) is 0. The predicted octanol–water partition coefficient (Wildman–Crippen LogP) is 16.1. The Morgan fingerprint density at radius 1 is 0.107 bits per heavy atom. The zero-order valence-electron chi connectivity index (χ0n) is 30.6. The molecule has 0 heteroatoms. The van der Waals surface area contributed by atoms with Crippen molar-refractivity contribution in [3.05, 3.63) is 206 Å². The molecule has 0 aliphatic carbocycles. The number of rotatable bonds is 0. The van der Waals surface area contributed by atoms with E-state index in [-0.39, 0.29) is 0 Å². The van der Waals surface area contributed by atoms with Crippen LogP contribution in [-0.2, 0) is 0 Å². The maximum Gasteiger partial charge on any atom is -0.0171 e. The second-order valence-electron chi connectivity index (χ2n) is 15.5. The Bertz CT molecular complexity index is 3270. The summed E-state index contributed by atoms with van der Waals surface area (Å²) in [7, 11) is 0. The molecule has 0 heterocycles. The molecule has 0 atom stereocenters. The van der Waals surface area contributed by atoms with Gasteiger partial charge in [0, 0.05) is 0 Å². The summed E-state index contributed by atoms with van der Waals surface area (Å²) in [5.41, 5.74) is 0. The molecule has 258 valence electrons. The third-order valence-electron chi connectivity index (χ3n) is 11.9. The highest BCUT2D eigenvalue weighted by molar-refractivity contribution is 6.13. The van der Waals surface area contributed by atoms with Crippen LogP contribution < -0.4 is 0 Å². The second kappa shape index (κ2) is 12.1. The first-order chi connectivity index (χ1) is 27.6. The normalized spacial score (nSPS) is 11.9. The zero-order valence-corrected chi connectivity index (χ0v) is 30.6. The Hall–Kier alpha value is -7.28. The molecule has 0 spiro atoms. The van der Waals surface area contributed by atoms with Crippen molar-refractivity contribution in [2.45, 2.75) is 0 Å². The smallest absolute Gasteiger partial charge is 0.0171 e. The van der Waals surface area contributed by atoms with Crippen LogP contribution in [0.4, 0.5) is 0 Å². The highest BCUT2D eigenvalue weighted by Crippen LogP contribution is 2.34. The number of fused-ring (bicyclic) bond motifs is 11. The van der Waals surface area contributed by atoms with Crippen LogP contribution in [-0.4, -0.2) is 0 Å². The third-order valence-corrected chi connectivity index (χ3v) is 11.9. The van der Waals surface area contributed by atoms with Gasteiger partial charge in [-0.3, -0.25) is 0 Å². The lowest BCUT2D eigenvalue weighted by Crippen LogP contribution is -1.82. The fourth-order valence-corrected chi connectivity index (χ4v) is 9.03. The van der Waals surface area contributed by atoms with Crippen LogP contribution in [0.1, 0.15) is 0 Å². The van der Waals surface area contributed by atoms with Gasteiger partial charge in [0.1, 0.15) is 0 Å². The monoisotopic (exact) mass is 706 g/mol. The van der Waals surface area contributed by atoms with Gasteiger partial charge in [0.15, 0.2) is 0 Å². The van der Waals surface area contributed by atoms with Gasteiger partial charge in [0.25, 0.3) is 0 Å². The van der Waals surface area contributed by atoms with Crippen molar-refractivity contribution in [2.75, 3.05) is 0 Å². The zero-order chi connectivity index (χ0) is 36.7. The Morgan fingerprint density at radius 3 is 0.304 bits per heavy atom. The molecule has 0 radical (unpaired) electrons. The van der Waals surface area contributed by atoms with Gasteiger partial charge < -0.3 is 0 Å².